The standard InChI is InChI=1S/C10H10BrF2NO3/c1-3-17-10(15)8-6(16-2)4-5(11)7(14-8)9(12)13/h4,9H,3H2,1-2H3. The van der Waals surface area contributed by atoms with Crippen LogP contribution in [0.1, 0.15) is 29.5 Å². The number of methoxy groups -OCH3 is 1. The average Bonchev–Trinajstić information content (AvgIpc) is 2.28. The fourth-order valence-corrected chi connectivity index (χ4v) is 1.61. The minimum atomic E-state index is -2.79. The molecule has 0 N–H and O–H groups in total. The number of pyridine rings is 1. The van der Waals surface area contributed by atoms with E-state index >= 15 is 0 Å². The summed E-state index contributed by atoms with van der Waals surface area (Å²) in [4.78, 5) is 15.1. The van der Waals surface area contributed by atoms with Gasteiger partial charge >= 0.3 is 5.97 Å². The zero-order valence-electron chi connectivity index (χ0n) is 9.17. The highest BCUT2D eigenvalue weighted by Gasteiger charge is 2.22. The first-order chi connectivity index (χ1) is 8.01. The summed E-state index contributed by atoms with van der Waals surface area (Å²) in [5.74, 6) is -0.710. The predicted octanol–water partition coefficient (Wildman–Crippen LogP) is 2.97. The van der Waals surface area contributed by atoms with Crippen molar-refractivity contribution in [1.82, 2.24) is 4.98 Å². The molecule has 0 fully saturated rings. The monoisotopic (exact) mass is 309 g/mol. The third kappa shape index (κ3) is 3.12. The number of carbonyl (C=O) groups excluding carboxylic acids is 1. The first-order valence-electron chi connectivity index (χ1n) is 4.71. The van der Waals surface area contributed by atoms with Crippen LogP contribution in [0.25, 0.3) is 0 Å². The molecule has 0 radical (unpaired) electrons. The van der Waals surface area contributed by atoms with Crippen LogP contribution in [-0.2, 0) is 4.74 Å². The van der Waals surface area contributed by atoms with E-state index in [4.69, 9.17) is 9.47 Å². The SMILES string of the molecule is CCOC(=O)c1nc(C(F)F)c(Br)cc1OC. The Hall–Kier alpha value is -1.24. The molecule has 1 aromatic rings. The van der Waals surface area contributed by atoms with E-state index in [0.717, 1.165) is 0 Å². The Labute approximate surface area is 105 Å². The van der Waals surface area contributed by atoms with E-state index in [1.807, 2.05) is 0 Å². The Morgan fingerprint density at radius 1 is 1.59 bits per heavy atom. The zero-order chi connectivity index (χ0) is 13.0. The number of ether oxygens (including phenoxy) is 2. The third-order valence-corrected chi connectivity index (χ3v) is 2.50. The van der Waals surface area contributed by atoms with E-state index in [2.05, 4.69) is 20.9 Å². The number of halogens is 3. The molecule has 0 saturated heterocycles. The molecular formula is C10H10BrF2NO3. The predicted molar refractivity (Wildman–Crippen MR) is 59.4 cm³/mol. The average molecular weight is 310 g/mol. The minimum Gasteiger partial charge on any atom is -0.494 e. The van der Waals surface area contributed by atoms with Gasteiger partial charge in [0.2, 0.25) is 0 Å². The first-order valence-corrected chi connectivity index (χ1v) is 5.50. The summed E-state index contributed by atoms with van der Waals surface area (Å²) >= 11 is 2.94. The second-order valence-corrected chi connectivity index (χ2v) is 3.78. The fourth-order valence-electron chi connectivity index (χ4n) is 1.14. The maximum absolute atomic E-state index is 12.6. The molecule has 1 aromatic heterocycles. The number of aromatic nitrogens is 1. The van der Waals surface area contributed by atoms with Crippen molar-refractivity contribution in [2.45, 2.75) is 13.3 Å². The van der Waals surface area contributed by atoms with Gasteiger partial charge in [-0.05, 0) is 28.9 Å². The van der Waals surface area contributed by atoms with Crippen molar-refractivity contribution in [3.63, 3.8) is 0 Å². The summed E-state index contributed by atoms with van der Waals surface area (Å²) in [7, 11) is 1.31. The zero-order valence-corrected chi connectivity index (χ0v) is 10.8. The number of alkyl halides is 2. The van der Waals surface area contributed by atoms with Crippen LogP contribution in [0.3, 0.4) is 0 Å². The van der Waals surface area contributed by atoms with E-state index in [0.29, 0.717) is 0 Å². The van der Waals surface area contributed by atoms with Gasteiger partial charge in [-0.25, -0.2) is 18.6 Å². The van der Waals surface area contributed by atoms with Crippen molar-refractivity contribution in [2.24, 2.45) is 0 Å². The molecule has 1 rings (SSSR count). The van der Waals surface area contributed by atoms with Crippen LogP contribution < -0.4 is 4.74 Å². The highest BCUT2D eigenvalue weighted by Crippen LogP contribution is 2.31. The van der Waals surface area contributed by atoms with E-state index in [9.17, 15) is 13.6 Å². The van der Waals surface area contributed by atoms with Gasteiger partial charge in [-0.3, -0.25) is 0 Å². The van der Waals surface area contributed by atoms with Crippen LogP contribution in [0.4, 0.5) is 8.78 Å². The molecule has 0 aliphatic rings. The summed E-state index contributed by atoms with van der Waals surface area (Å²) in [5.41, 5.74) is -0.776. The number of hydrogen-bond acceptors (Lipinski definition) is 4. The van der Waals surface area contributed by atoms with Gasteiger partial charge in [0, 0.05) is 4.47 Å². The largest absolute Gasteiger partial charge is 0.494 e. The van der Waals surface area contributed by atoms with Crippen LogP contribution >= 0.6 is 15.9 Å². The second kappa shape index (κ2) is 5.90. The molecule has 0 saturated carbocycles. The molecule has 7 heteroatoms. The van der Waals surface area contributed by atoms with Crippen LogP contribution in [0.15, 0.2) is 10.5 Å². The lowest BCUT2D eigenvalue weighted by Gasteiger charge is -2.10. The van der Waals surface area contributed by atoms with Crippen molar-refractivity contribution >= 4 is 21.9 Å². The van der Waals surface area contributed by atoms with Gasteiger partial charge in [0.25, 0.3) is 6.43 Å². The Morgan fingerprint density at radius 3 is 2.71 bits per heavy atom. The van der Waals surface area contributed by atoms with Crippen LogP contribution in [-0.4, -0.2) is 24.7 Å². The van der Waals surface area contributed by atoms with Gasteiger partial charge < -0.3 is 9.47 Å². The van der Waals surface area contributed by atoms with E-state index in [1.165, 1.54) is 13.2 Å². The summed E-state index contributed by atoms with van der Waals surface area (Å²) in [6.07, 6.45) is -2.79. The Bertz CT molecular complexity index is 426. The summed E-state index contributed by atoms with van der Waals surface area (Å²) < 4.78 is 34.9. The summed E-state index contributed by atoms with van der Waals surface area (Å²) in [6, 6.07) is 1.26. The lowest BCUT2D eigenvalue weighted by atomic mass is 10.2. The molecule has 0 amide bonds. The third-order valence-electron chi connectivity index (χ3n) is 1.86. The van der Waals surface area contributed by atoms with Gasteiger partial charge in [-0.1, -0.05) is 0 Å². The van der Waals surface area contributed by atoms with E-state index in [1.54, 1.807) is 6.92 Å². The molecule has 0 atom stereocenters. The van der Waals surface area contributed by atoms with Gasteiger partial charge in [0.05, 0.1) is 13.7 Å². The molecular weight excluding hydrogens is 300 g/mol. The number of rotatable bonds is 4. The Balaban J connectivity index is 3.26. The highest BCUT2D eigenvalue weighted by atomic mass is 79.9. The van der Waals surface area contributed by atoms with Gasteiger partial charge in [0.1, 0.15) is 5.69 Å². The summed E-state index contributed by atoms with van der Waals surface area (Å²) in [6.45, 7) is 1.74. The Morgan fingerprint density at radius 2 is 2.24 bits per heavy atom. The first kappa shape index (κ1) is 13.8. The second-order valence-electron chi connectivity index (χ2n) is 2.93. The number of nitrogens with zero attached hydrogens (tertiary/aromatic N) is 1. The smallest absolute Gasteiger partial charge is 0.360 e. The summed E-state index contributed by atoms with van der Waals surface area (Å²) in [5, 5.41) is 0. The van der Waals surface area contributed by atoms with Crippen LogP contribution in [0.2, 0.25) is 0 Å². The van der Waals surface area contributed by atoms with Gasteiger partial charge in [-0.2, -0.15) is 0 Å². The molecule has 0 aliphatic heterocycles. The maximum Gasteiger partial charge on any atom is 0.360 e. The molecule has 17 heavy (non-hydrogen) atoms. The fraction of sp³-hybridized carbons (Fsp3) is 0.400. The highest BCUT2D eigenvalue weighted by molar-refractivity contribution is 9.10. The lowest BCUT2D eigenvalue weighted by Crippen LogP contribution is -2.11. The van der Waals surface area contributed by atoms with Crippen LogP contribution in [0, 0.1) is 0 Å². The molecule has 1 heterocycles. The van der Waals surface area contributed by atoms with Crippen molar-refractivity contribution in [3.05, 3.63) is 21.9 Å². The molecule has 0 aliphatic carbocycles. The van der Waals surface area contributed by atoms with Crippen molar-refractivity contribution in [3.8, 4) is 5.75 Å². The van der Waals surface area contributed by atoms with Gasteiger partial charge in [-0.15, -0.1) is 0 Å². The normalized spacial score (nSPS) is 10.5. The van der Waals surface area contributed by atoms with Crippen molar-refractivity contribution < 1.29 is 23.0 Å². The lowest BCUT2D eigenvalue weighted by molar-refractivity contribution is 0.0513. The van der Waals surface area contributed by atoms with Crippen LogP contribution in [0.5, 0.6) is 5.75 Å². The van der Waals surface area contributed by atoms with Crippen molar-refractivity contribution in [2.75, 3.05) is 13.7 Å². The number of carbonyl (C=O) groups is 1. The number of esters is 1. The van der Waals surface area contributed by atoms with Crippen molar-refractivity contribution in [1.29, 1.82) is 0 Å². The Kier molecular flexibility index (Phi) is 4.80. The molecule has 94 valence electrons. The molecule has 0 unspecified atom stereocenters. The molecule has 0 aromatic carbocycles. The minimum absolute atomic E-state index is 0.0809. The van der Waals surface area contributed by atoms with E-state index in [-0.39, 0.29) is 22.5 Å². The molecule has 0 spiro atoms. The molecule has 0 bridgehead atoms. The topological polar surface area (TPSA) is 48.4 Å². The van der Waals surface area contributed by atoms with E-state index < -0.39 is 18.1 Å². The quantitative estimate of drug-likeness (QED) is 0.802. The molecule has 4 nitrogen and oxygen atoms in total. The van der Waals surface area contributed by atoms with Gasteiger partial charge in [0.15, 0.2) is 11.4 Å². The maximum atomic E-state index is 12.6. The number of hydrogen-bond donors (Lipinski definition) is 0.